The summed E-state index contributed by atoms with van der Waals surface area (Å²) in [5.74, 6) is 0.936. The van der Waals surface area contributed by atoms with Gasteiger partial charge in [0.1, 0.15) is 18.2 Å². The number of primary amides is 1. The third-order valence-electron chi connectivity index (χ3n) is 5.22. The zero-order valence-corrected chi connectivity index (χ0v) is 17.9. The molecule has 0 bridgehead atoms. The van der Waals surface area contributed by atoms with Crippen LogP contribution in [0.5, 0.6) is 5.75 Å². The first-order chi connectivity index (χ1) is 16.6. The summed E-state index contributed by atoms with van der Waals surface area (Å²) in [6.45, 7) is 0.590. The molecule has 10 nitrogen and oxygen atoms in total. The molecule has 0 spiro atoms. The van der Waals surface area contributed by atoms with E-state index in [1.165, 1.54) is 0 Å². The average molecular weight is 456 g/mol. The molecule has 2 amide bonds. The van der Waals surface area contributed by atoms with Crippen molar-refractivity contribution in [1.82, 2.24) is 20.3 Å². The van der Waals surface area contributed by atoms with Crippen LogP contribution >= 0.6 is 0 Å². The standard InChI is InChI=1S/C24H20N6O4/c25-21(31)17-5-1-2-6-19(17)29-23-18-10-15(33-13-16-12-27-24(32)34-16)7-8-20(18)28-22(30-23)14-4-3-9-26-11-14/h1-11,16H,12-13H2,(H2,25,31)(H,27,32)(H,28,29,30). The Bertz CT molecular complexity index is 1380. The number of pyridine rings is 1. The predicted molar refractivity (Wildman–Crippen MR) is 125 cm³/mol. The second-order valence-corrected chi connectivity index (χ2v) is 7.57. The first kappa shape index (κ1) is 21.1. The van der Waals surface area contributed by atoms with Crippen molar-refractivity contribution < 1.29 is 19.1 Å². The minimum atomic E-state index is -0.558. The quantitative estimate of drug-likeness (QED) is 0.385. The van der Waals surface area contributed by atoms with E-state index in [2.05, 4.69) is 20.6 Å². The van der Waals surface area contributed by atoms with Gasteiger partial charge in [0.05, 0.1) is 23.3 Å². The van der Waals surface area contributed by atoms with Gasteiger partial charge in [-0.2, -0.15) is 0 Å². The van der Waals surface area contributed by atoms with E-state index in [-0.39, 0.29) is 12.7 Å². The molecular weight excluding hydrogens is 436 g/mol. The maximum atomic E-state index is 11.9. The average Bonchev–Trinajstić information content (AvgIpc) is 3.28. The van der Waals surface area contributed by atoms with Crippen LogP contribution in [-0.4, -0.2) is 46.2 Å². The number of nitrogens with two attached hydrogens (primary N) is 1. The van der Waals surface area contributed by atoms with E-state index < -0.39 is 12.0 Å². The summed E-state index contributed by atoms with van der Waals surface area (Å²) in [4.78, 5) is 36.7. The number of alkyl carbamates (subject to hydrolysis) is 1. The number of para-hydroxylation sites is 1. The summed E-state index contributed by atoms with van der Waals surface area (Å²) in [5.41, 5.74) is 7.81. The Morgan fingerprint density at radius 2 is 2.06 bits per heavy atom. The van der Waals surface area contributed by atoms with Crippen molar-refractivity contribution in [3.63, 3.8) is 0 Å². The highest BCUT2D eigenvalue weighted by Gasteiger charge is 2.23. The van der Waals surface area contributed by atoms with Crippen molar-refractivity contribution in [3.05, 3.63) is 72.6 Å². The van der Waals surface area contributed by atoms with E-state index in [9.17, 15) is 9.59 Å². The predicted octanol–water partition coefficient (Wildman–Crippen LogP) is 3.02. The van der Waals surface area contributed by atoms with Gasteiger partial charge in [0, 0.05) is 23.3 Å². The molecule has 1 fully saturated rings. The third kappa shape index (κ3) is 4.42. The molecule has 4 aromatic rings. The molecular formula is C24H20N6O4. The number of rotatable bonds is 7. The fourth-order valence-corrected chi connectivity index (χ4v) is 3.57. The summed E-state index contributed by atoms with van der Waals surface area (Å²) in [6, 6.07) is 16.0. The largest absolute Gasteiger partial charge is 0.490 e. The summed E-state index contributed by atoms with van der Waals surface area (Å²) in [7, 11) is 0. The Hall–Kier alpha value is -4.73. The van der Waals surface area contributed by atoms with E-state index in [0.717, 1.165) is 5.56 Å². The van der Waals surface area contributed by atoms with E-state index in [4.69, 9.17) is 20.2 Å². The van der Waals surface area contributed by atoms with Crippen LogP contribution in [0.1, 0.15) is 10.4 Å². The Kier molecular flexibility index (Phi) is 5.61. The topological polar surface area (TPSA) is 141 Å². The van der Waals surface area contributed by atoms with E-state index in [1.54, 1.807) is 54.9 Å². The van der Waals surface area contributed by atoms with Crippen LogP contribution in [0, 0.1) is 0 Å². The maximum absolute atomic E-state index is 11.9. The molecule has 0 saturated carbocycles. The van der Waals surface area contributed by atoms with Crippen LogP contribution < -0.4 is 21.1 Å². The second kappa shape index (κ2) is 9.02. The zero-order chi connectivity index (χ0) is 23.5. The molecule has 1 atom stereocenters. The number of carbonyl (C=O) groups excluding carboxylic acids is 2. The first-order valence-electron chi connectivity index (χ1n) is 10.5. The number of hydrogen-bond acceptors (Lipinski definition) is 8. The smallest absolute Gasteiger partial charge is 0.407 e. The molecule has 4 N–H and O–H groups in total. The van der Waals surface area contributed by atoms with E-state index in [0.29, 0.717) is 46.1 Å². The van der Waals surface area contributed by atoms with Crippen molar-refractivity contribution in [2.45, 2.75) is 6.10 Å². The number of nitrogens with one attached hydrogen (secondary N) is 2. The molecule has 34 heavy (non-hydrogen) atoms. The molecule has 1 aliphatic rings. The molecule has 5 rings (SSSR count). The highest BCUT2D eigenvalue weighted by Crippen LogP contribution is 2.31. The summed E-state index contributed by atoms with van der Waals surface area (Å²) in [6.07, 6.45) is 2.53. The molecule has 0 radical (unpaired) electrons. The van der Waals surface area contributed by atoms with Gasteiger partial charge in [-0.1, -0.05) is 12.1 Å². The number of ether oxygens (including phenoxy) is 2. The number of anilines is 2. The minimum Gasteiger partial charge on any atom is -0.490 e. The zero-order valence-electron chi connectivity index (χ0n) is 17.9. The number of fused-ring (bicyclic) bond motifs is 1. The van der Waals surface area contributed by atoms with Gasteiger partial charge in [0.25, 0.3) is 5.91 Å². The number of cyclic esters (lactones) is 1. The lowest BCUT2D eigenvalue weighted by atomic mass is 10.1. The first-order valence-corrected chi connectivity index (χ1v) is 10.5. The van der Waals surface area contributed by atoms with Gasteiger partial charge >= 0.3 is 6.09 Å². The van der Waals surface area contributed by atoms with Crippen molar-refractivity contribution in [1.29, 1.82) is 0 Å². The molecule has 10 heteroatoms. The van der Waals surface area contributed by atoms with Gasteiger partial charge < -0.3 is 25.8 Å². The number of amides is 2. The maximum Gasteiger partial charge on any atom is 0.407 e. The molecule has 0 aliphatic carbocycles. The van der Waals surface area contributed by atoms with Crippen molar-refractivity contribution in [3.8, 4) is 17.1 Å². The molecule has 3 heterocycles. The van der Waals surface area contributed by atoms with Crippen molar-refractivity contribution in [2.75, 3.05) is 18.5 Å². The Morgan fingerprint density at radius 3 is 2.82 bits per heavy atom. The van der Waals surface area contributed by atoms with Crippen LogP contribution in [0.4, 0.5) is 16.3 Å². The van der Waals surface area contributed by atoms with Crippen molar-refractivity contribution >= 4 is 34.4 Å². The monoisotopic (exact) mass is 456 g/mol. The van der Waals surface area contributed by atoms with Gasteiger partial charge in [-0.3, -0.25) is 9.78 Å². The van der Waals surface area contributed by atoms with Crippen LogP contribution in [0.3, 0.4) is 0 Å². The van der Waals surface area contributed by atoms with E-state index >= 15 is 0 Å². The van der Waals surface area contributed by atoms with Crippen LogP contribution in [-0.2, 0) is 4.74 Å². The number of aromatic nitrogens is 3. The van der Waals surface area contributed by atoms with E-state index in [1.807, 2.05) is 12.1 Å². The minimum absolute atomic E-state index is 0.201. The van der Waals surface area contributed by atoms with Gasteiger partial charge in [0.2, 0.25) is 0 Å². The highest BCUT2D eigenvalue weighted by atomic mass is 16.6. The number of nitrogens with zero attached hydrogens (tertiary/aromatic N) is 3. The fraction of sp³-hybridized carbons (Fsp3) is 0.125. The summed E-state index contributed by atoms with van der Waals surface area (Å²) < 4.78 is 11.0. The molecule has 2 aromatic carbocycles. The second-order valence-electron chi connectivity index (χ2n) is 7.57. The number of carbonyl (C=O) groups is 2. The van der Waals surface area contributed by atoms with Crippen LogP contribution in [0.2, 0.25) is 0 Å². The molecule has 1 saturated heterocycles. The molecule has 1 aliphatic heterocycles. The van der Waals surface area contributed by atoms with Crippen LogP contribution in [0.25, 0.3) is 22.3 Å². The normalized spacial score (nSPS) is 14.9. The SMILES string of the molecule is NC(=O)c1ccccc1Nc1nc(-c2cccnc2)nc2ccc(OCC3CNC(=O)O3)cc12. The number of hydrogen-bond donors (Lipinski definition) is 3. The lowest BCUT2D eigenvalue weighted by Gasteiger charge is -2.15. The molecule has 170 valence electrons. The Morgan fingerprint density at radius 1 is 1.18 bits per heavy atom. The highest BCUT2D eigenvalue weighted by molar-refractivity contribution is 6.01. The van der Waals surface area contributed by atoms with Gasteiger partial charge in [0.15, 0.2) is 11.9 Å². The lowest BCUT2D eigenvalue weighted by molar-refractivity contribution is 0.100. The Labute approximate surface area is 194 Å². The third-order valence-corrected chi connectivity index (χ3v) is 5.22. The lowest BCUT2D eigenvalue weighted by Crippen LogP contribution is -2.21. The van der Waals surface area contributed by atoms with Crippen molar-refractivity contribution in [2.24, 2.45) is 5.73 Å². The molecule has 1 unspecified atom stereocenters. The number of benzene rings is 2. The van der Waals surface area contributed by atoms with Gasteiger partial charge in [-0.25, -0.2) is 14.8 Å². The summed E-state index contributed by atoms with van der Waals surface area (Å²) >= 11 is 0. The molecule has 2 aromatic heterocycles. The van der Waals surface area contributed by atoms with Crippen LogP contribution in [0.15, 0.2) is 67.0 Å². The Balaban J connectivity index is 1.54. The fourth-order valence-electron chi connectivity index (χ4n) is 3.57. The van der Waals surface area contributed by atoms with Gasteiger partial charge in [-0.15, -0.1) is 0 Å². The summed E-state index contributed by atoms with van der Waals surface area (Å²) in [5, 5.41) is 6.50. The van der Waals surface area contributed by atoms with Gasteiger partial charge in [-0.05, 0) is 42.5 Å².